The molecule has 0 bridgehead atoms. The van der Waals surface area contributed by atoms with E-state index in [0.717, 1.165) is 37.6 Å². The Hall–Kier alpha value is -2.31. The van der Waals surface area contributed by atoms with Crippen LogP contribution in [0.1, 0.15) is 15.9 Å². The minimum absolute atomic E-state index is 0.0922. The largest absolute Gasteiger partial charge is 0.507 e. The van der Waals surface area contributed by atoms with Gasteiger partial charge in [-0.2, -0.15) is 0 Å². The van der Waals surface area contributed by atoms with Gasteiger partial charge in [-0.15, -0.1) is 0 Å². The Kier molecular flexibility index (Phi) is 5.40. The van der Waals surface area contributed by atoms with Gasteiger partial charge in [0.05, 0.1) is 5.56 Å². The van der Waals surface area contributed by atoms with Crippen molar-refractivity contribution in [2.75, 3.05) is 38.1 Å². The molecular formula is C18H21ClN4O2. The molecule has 0 atom stereocenters. The molecular weight excluding hydrogens is 340 g/mol. The van der Waals surface area contributed by atoms with Crippen molar-refractivity contribution in [2.45, 2.75) is 6.54 Å². The van der Waals surface area contributed by atoms with Crippen molar-refractivity contribution in [3.8, 4) is 5.75 Å². The predicted molar refractivity (Wildman–Crippen MR) is 98.2 cm³/mol. The lowest BCUT2D eigenvalue weighted by molar-refractivity contribution is 0.0948. The molecule has 1 aromatic carbocycles. The van der Waals surface area contributed by atoms with E-state index < -0.39 is 0 Å². The van der Waals surface area contributed by atoms with Gasteiger partial charge in [0.1, 0.15) is 11.6 Å². The van der Waals surface area contributed by atoms with Gasteiger partial charge in [0.2, 0.25) is 0 Å². The van der Waals surface area contributed by atoms with Crippen molar-refractivity contribution < 1.29 is 9.90 Å². The van der Waals surface area contributed by atoms with Gasteiger partial charge in [-0.05, 0) is 36.9 Å². The number of carbonyl (C=O) groups excluding carboxylic acids is 1. The zero-order chi connectivity index (χ0) is 17.8. The van der Waals surface area contributed by atoms with Crippen LogP contribution >= 0.6 is 11.6 Å². The minimum atomic E-state index is -0.372. The average Bonchev–Trinajstić information content (AvgIpc) is 2.63. The normalized spacial score (nSPS) is 15.2. The molecule has 1 aliphatic rings. The Labute approximate surface area is 152 Å². The fourth-order valence-corrected chi connectivity index (χ4v) is 2.88. The van der Waals surface area contributed by atoms with Gasteiger partial charge in [0, 0.05) is 43.9 Å². The van der Waals surface area contributed by atoms with E-state index >= 15 is 0 Å². The first kappa shape index (κ1) is 17.5. The number of nitrogens with zero attached hydrogens (tertiary/aromatic N) is 3. The maximum Gasteiger partial charge on any atom is 0.255 e. The second kappa shape index (κ2) is 7.72. The standard InChI is InChI=1S/C18H21ClN4O2/c1-22-6-8-23(9-7-22)17-5-2-13(11-20-17)12-21-18(25)15-10-14(19)3-4-16(15)24/h2-5,10-11,24H,6-9,12H2,1H3,(H,21,25). The van der Waals surface area contributed by atoms with Crippen molar-refractivity contribution in [1.82, 2.24) is 15.2 Å². The summed E-state index contributed by atoms with van der Waals surface area (Å²) in [6.45, 7) is 4.33. The van der Waals surface area contributed by atoms with E-state index in [9.17, 15) is 9.90 Å². The quantitative estimate of drug-likeness (QED) is 0.874. The van der Waals surface area contributed by atoms with Crippen LogP contribution in [0, 0.1) is 0 Å². The number of phenols is 1. The van der Waals surface area contributed by atoms with E-state index in [1.807, 2.05) is 12.1 Å². The molecule has 0 spiro atoms. The lowest BCUT2D eigenvalue weighted by Crippen LogP contribution is -2.44. The van der Waals surface area contributed by atoms with E-state index in [-0.39, 0.29) is 17.2 Å². The van der Waals surface area contributed by atoms with Gasteiger partial charge in [-0.3, -0.25) is 4.79 Å². The SMILES string of the molecule is CN1CCN(c2ccc(CNC(=O)c3cc(Cl)ccc3O)cn2)CC1. The first-order valence-electron chi connectivity index (χ1n) is 8.18. The molecule has 7 heteroatoms. The Bertz CT molecular complexity index is 743. The third-order valence-corrected chi connectivity index (χ3v) is 4.53. The summed E-state index contributed by atoms with van der Waals surface area (Å²) >= 11 is 5.87. The third kappa shape index (κ3) is 4.41. The molecule has 1 aromatic heterocycles. The van der Waals surface area contributed by atoms with Gasteiger partial charge >= 0.3 is 0 Å². The summed E-state index contributed by atoms with van der Waals surface area (Å²) in [6.07, 6.45) is 1.77. The summed E-state index contributed by atoms with van der Waals surface area (Å²) in [4.78, 5) is 21.2. The van der Waals surface area contributed by atoms with Gasteiger partial charge in [0.25, 0.3) is 5.91 Å². The van der Waals surface area contributed by atoms with Crippen LogP contribution in [0.5, 0.6) is 5.75 Å². The number of hydrogen-bond acceptors (Lipinski definition) is 5. The topological polar surface area (TPSA) is 68.7 Å². The lowest BCUT2D eigenvalue weighted by Gasteiger charge is -2.33. The van der Waals surface area contributed by atoms with Crippen LogP contribution < -0.4 is 10.2 Å². The van der Waals surface area contributed by atoms with Gasteiger partial charge in [-0.1, -0.05) is 17.7 Å². The highest BCUT2D eigenvalue weighted by atomic mass is 35.5. The second-order valence-corrected chi connectivity index (χ2v) is 6.60. The molecule has 3 rings (SSSR count). The zero-order valence-electron chi connectivity index (χ0n) is 14.1. The number of aromatic nitrogens is 1. The summed E-state index contributed by atoms with van der Waals surface area (Å²) in [5.74, 6) is 0.490. The molecule has 0 unspecified atom stereocenters. The molecule has 132 valence electrons. The Morgan fingerprint density at radius 2 is 2.00 bits per heavy atom. The molecule has 0 saturated carbocycles. The van der Waals surface area contributed by atoms with Crippen LogP contribution in [0.3, 0.4) is 0 Å². The summed E-state index contributed by atoms with van der Waals surface area (Å²) in [6, 6.07) is 8.32. The van der Waals surface area contributed by atoms with Crippen molar-refractivity contribution in [3.05, 3.63) is 52.7 Å². The van der Waals surface area contributed by atoms with E-state index in [2.05, 4.69) is 27.1 Å². The van der Waals surface area contributed by atoms with E-state index in [0.29, 0.717) is 11.6 Å². The number of likely N-dealkylation sites (N-methyl/N-ethyl adjacent to an activating group) is 1. The smallest absolute Gasteiger partial charge is 0.255 e. The molecule has 1 amide bonds. The number of nitrogens with one attached hydrogen (secondary N) is 1. The number of phenolic OH excluding ortho intramolecular Hbond substituents is 1. The van der Waals surface area contributed by atoms with Crippen LogP contribution in [0.2, 0.25) is 5.02 Å². The van der Waals surface area contributed by atoms with Crippen LogP contribution in [0.4, 0.5) is 5.82 Å². The van der Waals surface area contributed by atoms with E-state index in [4.69, 9.17) is 11.6 Å². The van der Waals surface area contributed by atoms with Gasteiger partial charge in [0.15, 0.2) is 0 Å². The first-order chi connectivity index (χ1) is 12.0. The number of rotatable bonds is 4. The molecule has 1 saturated heterocycles. The summed E-state index contributed by atoms with van der Waals surface area (Å²) < 4.78 is 0. The van der Waals surface area contributed by atoms with Gasteiger partial charge in [-0.25, -0.2) is 4.98 Å². The number of pyridine rings is 1. The monoisotopic (exact) mass is 360 g/mol. The number of piperazine rings is 1. The number of halogens is 1. The second-order valence-electron chi connectivity index (χ2n) is 6.16. The number of benzene rings is 1. The maximum atomic E-state index is 12.2. The highest BCUT2D eigenvalue weighted by molar-refractivity contribution is 6.31. The van der Waals surface area contributed by atoms with E-state index in [1.165, 1.54) is 18.2 Å². The lowest BCUT2D eigenvalue weighted by atomic mass is 10.2. The maximum absolute atomic E-state index is 12.2. The summed E-state index contributed by atoms with van der Waals surface area (Å²) in [7, 11) is 2.12. The highest BCUT2D eigenvalue weighted by Crippen LogP contribution is 2.21. The summed E-state index contributed by atoms with van der Waals surface area (Å²) in [5.41, 5.74) is 1.06. The first-order valence-corrected chi connectivity index (χ1v) is 8.56. The number of carbonyl (C=O) groups is 1. The zero-order valence-corrected chi connectivity index (χ0v) is 14.8. The highest BCUT2D eigenvalue weighted by Gasteiger charge is 2.15. The van der Waals surface area contributed by atoms with Crippen molar-refractivity contribution in [1.29, 1.82) is 0 Å². The number of hydrogen-bond donors (Lipinski definition) is 2. The Morgan fingerprint density at radius 3 is 2.68 bits per heavy atom. The summed E-state index contributed by atoms with van der Waals surface area (Å²) in [5, 5.41) is 12.9. The molecule has 0 radical (unpaired) electrons. The number of anilines is 1. The van der Waals surface area contributed by atoms with Crippen LogP contribution in [0.15, 0.2) is 36.5 Å². The third-order valence-electron chi connectivity index (χ3n) is 4.29. The predicted octanol–water partition coefficient (Wildman–Crippen LogP) is 2.12. The molecule has 1 aliphatic heterocycles. The molecule has 2 aromatic rings. The van der Waals surface area contributed by atoms with E-state index in [1.54, 1.807) is 6.20 Å². The molecule has 2 heterocycles. The van der Waals surface area contributed by atoms with Crippen LogP contribution in [0.25, 0.3) is 0 Å². The molecule has 0 aliphatic carbocycles. The number of amides is 1. The molecule has 25 heavy (non-hydrogen) atoms. The van der Waals surface area contributed by atoms with Crippen molar-refractivity contribution in [3.63, 3.8) is 0 Å². The van der Waals surface area contributed by atoms with Crippen molar-refractivity contribution in [2.24, 2.45) is 0 Å². The van der Waals surface area contributed by atoms with Crippen molar-refractivity contribution >= 4 is 23.3 Å². The fraction of sp³-hybridized carbons (Fsp3) is 0.333. The fourth-order valence-electron chi connectivity index (χ4n) is 2.71. The Balaban J connectivity index is 1.58. The number of aromatic hydroxyl groups is 1. The average molecular weight is 361 g/mol. The molecule has 2 N–H and O–H groups in total. The van der Waals surface area contributed by atoms with Gasteiger partial charge < -0.3 is 20.2 Å². The molecule has 6 nitrogen and oxygen atoms in total. The molecule has 1 fully saturated rings. The Morgan fingerprint density at radius 1 is 1.24 bits per heavy atom. The van der Waals surface area contributed by atoms with Crippen LogP contribution in [-0.4, -0.2) is 54.1 Å². The van der Waals surface area contributed by atoms with Crippen LogP contribution in [-0.2, 0) is 6.54 Å². The minimum Gasteiger partial charge on any atom is -0.507 e.